The minimum Gasteiger partial charge on any atom is -0.346 e. The van der Waals surface area contributed by atoms with Crippen molar-refractivity contribution in [2.75, 3.05) is 0 Å². The van der Waals surface area contributed by atoms with Gasteiger partial charge in [-0.2, -0.15) is 0 Å². The third-order valence-corrected chi connectivity index (χ3v) is 5.45. The summed E-state index contributed by atoms with van der Waals surface area (Å²) in [5, 5.41) is 4.99. The molecule has 1 fully saturated rings. The van der Waals surface area contributed by atoms with Crippen LogP contribution in [0.3, 0.4) is 0 Å². The van der Waals surface area contributed by atoms with Crippen LogP contribution in [0.1, 0.15) is 34.2 Å². The molecule has 0 aliphatic heterocycles. The van der Waals surface area contributed by atoms with Gasteiger partial charge in [0.1, 0.15) is 5.69 Å². The number of amides is 1. The Balaban J connectivity index is 1.72. The summed E-state index contributed by atoms with van der Waals surface area (Å²) in [7, 11) is 0. The van der Waals surface area contributed by atoms with Crippen LogP contribution in [0, 0.1) is 0 Å². The number of hydrogen-bond acceptors (Lipinski definition) is 2. The van der Waals surface area contributed by atoms with Gasteiger partial charge in [-0.15, -0.1) is 11.3 Å². The number of carbonyl (C=O) groups excluding carboxylic acids is 1. The van der Waals surface area contributed by atoms with Crippen molar-refractivity contribution in [3.63, 3.8) is 0 Å². The van der Waals surface area contributed by atoms with E-state index in [4.69, 9.17) is 0 Å². The quantitative estimate of drug-likeness (QED) is 0.809. The summed E-state index contributed by atoms with van der Waals surface area (Å²) in [6.07, 6.45) is 4.32. The number of aromatic nitrogens is 1. The zero-order chi connectivity index (χ0) is 13.4. The smallest absolute Gasteiger partial charge is 0.268 e. The lowest BCUT2D eigenvalue weighted by Crippen LogP contribution is -2.24. The van der Waals surface area contributed by atoms with Crippen LogP contribution >= 0.6 is 43.2 Å². The second-order valence-corrected chi connectivity index (χ2v) is 7.33. The molecule has 1 amide bonds. The third kappa shape index (κ3) is 2.95. The number of thiophene rings is 1. The summed E-state index contributed by atoms with van der Waals surface area (Å²) in [6, 6.07) is 4.38. The molecule has 1 aliphatic rings. The molecule has 6 heteroatoms. The molecule has 2 heterocycles. The van der Waals surface area contributed by atoms with Gasteiger partial charge < -0.3 is 9.88 Å². The SMILES string of the molecule is O=C(NCc1sccc1Br)c1cc(Br)cn1C1CC1. The molecular formula is C13H12Br2N2OS. The van der Waals surface area contributed by atoms with Gasteiger partial charge >= 0.3 is 0 Å². The van der Waals surface area contributed by atoms with Gasteiger partial charge in [0.15, 0.2) is 0 Å². The Labute approximate surface area is 132 Å². The Morgan fingerprint density at radius 1 is 1.47 bits per heavy atom. The fraction of sp³-hybridized carbons (Fsp3) is 0.308. The van der Waals surface area contributed by atoms with Crippen molar-refractivity contribution in [3.05, 3.63) is 43.2 Å². The van der Waals surface area contributed by atoms with E-state index in [1.165, 1.54) is 0 Å². The van der Waals surface area contributed by atoms with E-state index in [9.17, 15) is 4.79 Å². The highest BCUT2D eigenvalue weighted by molar-refractivity contribution is 9.10. The van der Waals surface area contributed by atoms with Gasteiger partial charge in [-0.25, -0.2) is 0 Å². The molecule has 0 bridgehead atoms. The summed E-state index contributed by atoms with van der Waals surface area (Å²) < 4.78 is 4.08. The average Bonchev–Trinajstić information content (AvgIpc) is 3.04. The van der Waals surface area contributed by atoms with Crippen molar-refractivity contribution in [1.82, 2.24) is 9.88 Å². The van der Waals surface area contributed by atoms with Crippen LogP contribution in [0.2, 0.25) is 0 Å². The molecule has 1 N–H and O–H groups in total. The fourth-order valence-electron chi connectivity index (χ4n) is 1.98. The van der Waals surface area contributed by atoms with Crippen LogP contribution in [0.25, 0.3) is 0 Å². The standard InChI is InChI=1S/C13H12Br2N2OS/c14-8-5-11(17(7-8)9-1-2-9)13(18)16-6-12-10(15)3-4-19-12/h3-5,7,9H,1-2,6H2,(H,16,18). The van der Waals surface area contributed by atoms with Crippen LogP contribution in [-0.2, 0) is 6.54 Å². The van der Waals surface area contributed by atoms with Crippen LogP contribution in [0.5, 0.6) is 0 Å². The summed E-state index contributed by atoms with van der Waals surface area (Å²) in [5.74, 6) is -0.0158. The Morgan fingerprint density at radius 2 is 2.26 bits per heavy atom. The topological polar surface area (TPSA) is 34.0 Å². The minimum absolute atomic E-state index is 0.0158. The lowest BCUT2D eigenvalue weighted by Gasteiger charge is -2.08. The molecule has 3 rings (SSSR count). The van der Waals surface area contributed by atoms with E-state index in [2.05, 4.69) is 41.7 Å². The highest BCUT2D eigenvalue weighted by atomic mass is 79.9. The van der Waals surface area contributed by atoms with E-state index in [1.54, 1.807) is 11.3 Å². The second kappa shape index (κ2) is 5.42. The molecule has 2 aromatic rings. The first kappa shape index (κ1) is 13.4. The maximum Gasteiger partial charge on any atom is 0.268 e. The molecule has 0 unspecified atom stereocenters. The number of halogens is 2. The van der Waals surface area contributed by atoms with Crippen molar-refractivity contribution < 1.29 is 4.79 Å². The second-order valence-electron chi connectivity index (χ2n) is 4.56. The summed E-state index contributed by atoms with van der Waals surface area (Å²) in [4.78, 5) is 13.4. The summed E-state index contributed by atoms with van der Waals surface area (Å²) in [6.45, 7) is 0.560. The van der Waals surface area contributed by atoms with Crippen molar-refractivity contribution in [2.45, 2.75) is 25.4 Å². The van der Waals surface area contributed by atoms with E-state index < -0.39 is 0 Å². The molecule has 1 saturated carbocycles. The first-order chi connectivity index (χ1) is 9.15. The monoisotopic (exact) mass is 402 g/mol. The maximum atomic E-state index is 12.3. The number of hydrogen-bond donors (Lipinski definition) is 1. The molecular weight excluding hydrogens is 392 g/mol. The van der Waals surface area contributed by atoms with Crippen LogP contribution in [-0.4, -0.2) is 10.5 Å². The molecule has 0 aromatic carbocycles. The largest absolute Gasteiger partial charge is 0.346 e. The zero-order valence-corrected chi connectivity index (χ0v) is 14.0. The van der Waals surface area contributed by atoms with Crippen LogP contribution in [0.15, 0.2) is 32.7 Å². The van der Waals surface area contributed by atoms with E-state index in [1.807, 2.05) is 23.7 Å². The van der Waals surface area contributed by atoms with Crippen molar-refractivity contribution >= 4 is 49.1 Å². The lowest BCUT2D eigenvalue weighted by molar-refractivity contribution is 0.0941. The molecule has 0 radical (unpaired) electrons. The van der Waals surface area contributed by atoms with Gasteiger partial charge in [0, 0.05) is 26.1 Å². The molecule has 100 valence electrons. The van der Waals surface area contributed by atoms with Gasteiger partial charge in [-0.3, -0.25) is 4.79 Å². The Bertz CT molecular complexity index is 616. The van der Waals surface area contributed by atoms with E-state index in [0.29, 0.717) is 12.6 Å². The molecule has 0 saturated heterocycles. The van der Waals surface area contributed by atoms with Gasteiger partial charge in [0.05, 0.1) is 6.54 Å². The van der Waals surface area contributed by atoms with Crippen LogP contribution in [0.4, 0.5) is 0 Å². The number of rotatable bonds is 4. The van der Waals surface area contributed by atoms with E-state index in [0.717, 1.165) is 32.4 Å². The maximum absolute atomic E-state index is 12.3. The molecule has 19 heavy (non-hydrogen) atoms. The van der Waals surface area contributed by atoms with Gasteiger partial charge in [0.25, 0.3) is 5.91 Å². The highest BCUT2D eigenvalue weighted by Gasteiger charge is 2.27. The fourth-order valence-corrected chi connectivity index (χ4v) is 3.85. The predicted molar refractivity (Wildman–Crippen MR) is 83.6 cm³/mol. The van der Waals surface area contributed by atoms with Gasteiger partial charge in [-0.05, 0) is 62.2 Å². The number of nitrogens with one attached hydrogen (secondary N) is 1. The Kier molecular flexibility index (Phi) is 3.82. The van der Waals surface area contributed by atoms with Gasteiger partial charge in [0.2, 0.25) is 0 Å². The lowest BCUT2D eigenvalue weighted by atomic mass is 10.3. The molecule has 1 aliphatic carbocycles. The zero-order valence-electron chi connectivity index (χ0n) is 10.0. The predicted octanol–water partition coefficient (Wildman–Crippen LogP) is 4.34. The van der Waals surface area contributed by atoms with E-state index in [-0.39, 0.29) is 5.91 Å². The van der Waals surface area contributed by atoms with Crippen molar-refractivity contribution in [2.24, 2.45) is 0 Å². The minimum atomic E-state index is -0.0158. The normalized spacial score (nSPS) is 14.6. The molecule has 3 nitrogen and oxygen atoms in total. The summed E-state index contributed by atoms with van der Waals surface area (Å²) in [5.41, 5.74) is 0.738. The number of carbonyl (C=O) groups is 1. The number of nitrogens with zero attached hydrogens (tertiary/aromatic N) is 1. The van der Waals surface area contributed by atoms with E-state index >= 15 is 0 Å². The average molecular weight is 404 g/mol. The molecule has 0 spiro atoms. The van der Waals surface area contributed by atoms with Gasteiger partial charge in [-0.1, -0.05) is 0 Å². The highest BCUT2D eigenvalue weighted by Crippen LogP contribution is 2.37. The van der Waals surface area contributed by atoms with Crippen LogP contribution < -0.4 is 5.32 Å². The first-order valence-corrected chi connectivity index (χ1v) is 8.49. The Morgan fingerprint density at radius 3 is 2.89 bits per heavy atom. The first-order valence-electron chi connectivity index (χ1n) is 6.02. The van der Waals surface area contributed by atoms with Crippen molar-refractivity contribution in [1.29, 1.82) is 0 Å². The Hall–Kier alpha value is -0.590. The molecule has 0 atom stereocenters. The van der Waals surface area contributed by atoms with Crippen molar-refractivity contribution in [3.8, 4) is 0 Å². The third-order valence-electron chi connectivity index (χ3n) is 3.09. The molecule has 2 aromatic heterocycles. The summed E-state index contributed by atoms with van der Waals surface area (Å²) >= 11 is 8.55.